The van der Waals surface area contributed by atoms with Crippen molar-refractivity contribution >= 4 is 27.5 Å². The predicted octanol–water partition coefficient (Wildman–Crippen LogP) is 6.37. The molecule has 0 atom stereocenters. The van der Waals surface area contributed by atoms with E-state index >= 15 is 0 Å². The number of benzene rings is 1. The monoisotopic (exact) mass is 544 g/mol. The SMILES string of the molecule is CO/C=C(/C(=O)OC)c1ccccc1COc1nn(CC2CCCCCC2)c(Br)c1C(F)(F)F. The molecule has 34 heavy (non-hydrogen) atoms. The van der Waals surface area contributed by atoms with E-state index in [1.165, 1.54) is 25.2 Å². The van der Waals surface area contributed by atoms with Crippen molar-refractivity contribution in [3.05, 3.63) is 51.8 Å². The van der Waals surface area contributed by atoms with Crippen LogP contribution in [0.4, 0.5) is 13.2 Å². The zero-order valence-corrected chi connectivity index (χ0v) is 20.7. The van der Waals surface area contributed by atoms with Crippen LogP contribution in [0.3, 0.4) is 0 Å². The summed E-state index contributed by atoms with van der Waals surface area (Å²) in [4.78, 5) is 12.2. The quantitative estimate of drug-likeness (QED) is 0.167. The van der Waals surface area contributed by atoms with E-state index in [9.17, 15) is 18.0 Å². The van der Waals surface area contributed by atoms with Crippen LogP contribution in [0.1, 0.15) is 55.2 Å². The number of carbonyl (C=O) groups is 1. The van der Waals surface area contributed by atoms with E-state index in [-0.39, 0.29) is 22.7 Å². The van der Waals surface area contributed by atoms with Crippen LogP contribution in [0.25, 0.3) is 5.57 Å². The number of ether oxygens (including phenoxy) is 3. The van der Waals surface area contributed by atoms with Crippen molar-refractivity contribution in [2.45, 2.75) is 57.9 Å². The fourth-order valence-electron chi connectivity index (χ4n) is 4.18. The van der Waals surface area contributed by atoms with E-state index < -0.39 is 23.6 Å². The lowest BCUT2D eigenvalue weighted by Crippen LogP contribution is -2.12. The van der Waals surface area contributed by atoms with Crippen molar-refractivity contribution in [2.75, 3.05) is 14.2 Å². The number of hydrogen-bond donors (Lipinski definition) is 0. The Hall–Kier alpha value is -2.49. The van der Waals surface area contributed by atoms with Crippen LogP contribution in [-0.2, 0) is 33.6 Å². The van der Waals surface area contributed by atoms with Gasteiger partial charge in [-0.1, -0.05) is 49.9 Å². The maximum Gasteiger partial charge on any atom is 0.424 e. The maximum absolute atomic E-state index is 13.9. The van der Waals surface area contributed by atoms with Crippen LogP contribution < -0.4 is 4.74 Å². The summed E-state index contributed by atoms with van der Waals surface area (Å²) in [7, 11) is 2.62. The summed E-state index contributed by atoms with van der Waals surface area (Å²) in [5.41, 5.74) is 0.0972. The largest absolute Gasteiger partial charge is 0.503 e. The summed E-state index contributed by atoms with van der Waals surface area (Å²) in [6.07, 6.45) is 2.98. The first-order valence-electron chi connectivity index (χ1n) is 11.1. The number of nitrogens with zero attached hydrogens (tertiary/aromatic N) is 2. The number of esters is 1. The molecule has 1 saturated carbocycles. The zero-order chi connectivity index (χ0) is 24.7. The number of alkyl halides is 3. The molecule has 186 valence electrons. The second-order valence-electron chi connectivity index (χ2n) is 8.21. The molecule has 1 aliphatic rings. The van der Waals surface area contributed by atoms with Gasteiger partial charge < -0.3 is 14.2 Å². The molecule has 3 rings (SSSR count). The lowest BCUT2D eigenvalue weighted by molar-refractivity contribution is -0.139. The minimum atomic E-state index is -4.65. The molecule has 1 aromatic heterocycles. The fourth-order valence-corrected chi connectivity index (χ4v) is 4.79. The molecule has 0 amide bonds. The van der Waals surface area contributed by atoms with E-state index in [1.54, 1.807) is 24.3 Å². The number of hydrogen-bond acceptors (Lipinski definition) is 5. The fraction of sp³-hybridized carbons (Fsp3) is 0.500. The van der Waals surface area contributed by atoms with E-state index in [1.807, 2.05) is 0 Å². The van der Waals surface area contributed by atoms with Gasteiger partial charge in [-0.15, -0.1) is 5.10 Å². The number of rotatable bonds is 8. The van der Waals surface area contributed by atoms with Crippen molar-refractivity contribution in [2.24, 2.45) is 5.92 Å². The third kappa shape index (κ3) is 6.34. The van der Waals surface area contributed by atoms with Crippen molar-refractivity contribution < 1.29 is 32.2 Å². The minimum Gasteiger partial charge on any atom is -0.503 e. The Labute approximate surface area is 205 Å². The highest BCUT2D eigenvalue weighted by Crippen LogP contribution is 2.42. The van der Waals surface area contributed by atoms with Crippen molar-refractivity contribution in [3.63, 3.8) is 0 Å². The second-order valence-corrected chi connectivity index (χ2v) is 8.96. The number of halogens is 4. The van der Waals surface area contributed by atoms with Gasteiger partial charge in [-0.2, -0.15) is 13.2 Å². The first kappa shape index (κ1) is 26.1. The lowest BCUT2D eigenvalue weighted by Gasteiger charge is -2.14. The molecule has 6 nitrogen and oxygen atoms in total. The molecule has 1 fully saturated rings. The van der Waals surface area contributed by atoms with E-state index in [0.29, 0.717) is 17.7 Å². The van der Waals surface area contributed by atoms with Crippen LogP contribution in [0.2, 0.25) is 0 Å². The molecule has 1 aliphatic carbocycles. The van der Waals surface area contributed by atoms with Crippen molar-refractivity contribution in [1.29, 1.82) is 0 Å². The topological polar surface area (TPSA) is 62.6 Å². The van der Waals surface area contributed by atoms with Gasteiger partial charge in [0, 0.05) is 6.54 Å². The van der Waals surface area contributed by atoms with Gasteiger partial charge in [0.05, 0.1) is 20.5 Å². The molecule has 1 heterocycles. The van der Waals surface area contributed by atoms with Crippen LogP contribution >= 0.6 is 15.9 Å². The highest BCUT2D eigenvalue weighted by Gasteiger charge is 2.41. The lowest BCUT2D eigenvalue weighted by atomic mass is 10.0. The maximum atomic E-state index is 13.9. The summed E-state index contributed by atoms with van der Waals surface area (Å²) < 4.78 is 58.3. The van der Waals surface area contributed by atoms with Crippen LogP contribution in [-0.4, -0.2) is 30.0 Å². The number of aromatic nitrogens is 2. The van der Waals surface area contributed by atoms with E-state index in [4.69, 9.17) is 14.2 Å². The molecule has 0 spiro atoms. The molecular weight excluding hydrogens is 517 g/mol. The molecule has 10 heteroatoms. The van der Waals surface area contributed by atoms with Gasteiger partial charge in [0.25, 0.3) is 0 Å². The number of carbonyl (C=O) groups excluding carboxylic acids is 1. The third-order valence-corrected chi connectivity index (χ3v) is 6.67. The first-order chi connectivity index (χ1) is 16.3. The molecule has 0 aliphatic heterocycles. The Morgan fingerprint density at radius 3 is 2.47 bits per heavy atom. The molecular formula is C24H28BrF3N2O4. The van der Waals surface area contributed by atoms with E-state index in [2.05, 4.69) is 21.0 Å². The third-order valence-electron chi connectivity index (χ3n) is 5.86. The smallest absolute Gasteiger partial charge is 0.424 e. The van der Waals surface area contributed by atoms with Crippen molar-refractivity contribution in [3.8, 4) is 5.88 Å². The van der Waals surface area contributed by atoms with Gasteiger partial charge in [0.15, 0.2) is 5.56 Å². The molecule has 0 radical (unpaired) electrons. The average molecular weight is 545 g/mol. The van der Waals surface area contributed by atoms with E-state index in [0.717, 1.165) is 38.5 Å². The van der Waals surface area contributed by atoms with Gasteiger partial charge in [-0.05, 0) is 45.8 Å². The van der Waals surface area contributed by atoms with Crippen molar-refractivity contribution in [1.82, 2.24) is 9.78 Å². The van der Waals surface area contributed by atoms with Gasteiger partial charge in [0.2, 0.25) is 5.88 Å². The number of methoxy groups -OCH3 is 2. The van der Waals surface area contributed by atoms with Gasteiger partial charge in [0.1, 0.15) is 16.8 Å². The minimum absolute atomic E-state index is 0.125. The highest BCUT2D eigenvalue weighted by atomic mass is 79.9. The molecule has 2 aromatic rings. The summed E-state index contributed by atoms with van der Waals surface area (Å²) in [5.74, 6) is -0.867. The average Bonchev–Trinajstić information content (AvgIpc) is 2.95. The molecule has 0 N–H and O–H groups in total. The zero-order valence-electron chi connectivity index (χ0n) is 19.2. The molecule has 0 bridgehead atoms. The Balaban J connectivity index is 1.89. The normalized spacial score (nSPS) is 15.6. The predicted molar refractivity (Wildman–Crippen MR) is 124 cm³/mol. The summed E-state index contributed by atoms with van der Waals surface area (Å²) in [5, 5.41) is 4.17. The first-order valence-corrected chi connectivity index (χ1v) is 11.9. The Morgan fingerprint density at radius 1 is 1.18 bits per heavy atom. The van der Waals surface area contributed by atoms with Gasteiger partial charge in [-0.25, -0.2) is 4.79 Å². The summed E-state index contributed by atoms with van der Waals surface area (Å²) in [6.45, 7) is 0.164. The van der Waals surface area contributed by atoms with Crippen LogP contribution in [0, 0.1) is 5.92 Å². The molecule has 0 saturated heterocycles. The second kappa shape index (κ2) is 11.8. The summed E-state index contributed by atoms with van der Waals surface area (Å²) in [6, 6.07) is 6.71. The Kier molecular flexibility index (Phi) is 9.04. The van der Waals surface area contributed by atoms with Gasteiger partial charge >= 0.3 is 12.1 Å². The summed E-state index contributed by atoms with van der Waals surface area (Å²) >= 11 is 3.11. The molecule has 0 unspecified atom stereocenters. The standard InChI is InChI=1S/C24H28BrF3N2O4/c1-32-15-19(23(31)33-2)18-12-8-7-11-17(18)14-34-22-20(24(26,27)28)21(25)30(29-22)13-16-9-5-3-4-6-10-16/h7-8,11-12,15-16H,3-6,9-10,13-14H2,1-2H3/b19-15+. The Bertz CT molecular complexity index is 1010. The highest BCUT2D eigenvalue weighted by molar-refractivity contribution is 9.10. The van der Waals surface area contributed by atoms with Gasteiger partial charge in [-0.3, -0.25) is 4.68 Å². The molecule has 1 aromatic carbocycles. The van der Waals surface area contributed by atoms with Crippen LogP contribution in [0.15, 0.2) is 35.1 Å². The van der Waals surface area contributed by atoms with Crippen LogP contribution in [0.5, 0.6) is 5.88 Å². The Morgan fingerprint density at radius 2 is 1.85 bits per heavy atom.